The highest BCUT2D eigenvalue weighted by molar-refractivity contribution is 5.87. The molecule has 0 unspecified atom stereocenters. The van der Waals surface area contributed by atoms with Gasteiger partial charge in [0, 0.05) is 12.1 Å². The summed E-state index contributed by atoms with van der Waals surface area (Å²) in [6.07, 6.45) is 0. The molecule has 0 saturated carbocycles. The van der Waals surface area contributed by atoms with Crippen LogP contribution in [0.5, 0.6) is 5.75 Å². The number of rotatable bonds is 4. The van der Waals surface area contributed by atoms with E-state index in [1.807, 2.05) is 31.2 Å². The van der Waals surface area contributed by atoms with Crippen molar-refractivity contribution in [3.8, 4) is 17.0 Å². The molecule has 0 spiro atoms. The van der Waals surface area contributed by atoms with Gasteiger partial charge in [-0.1, -0.05) is 0 Å². The Morgan fingerprint density at radius 1 is 1.39 bits per heavy atom. The van der Waals surface area contributed by atoms with Crippen molar-refractivity contribution in [1.82, 2.24) is 9.78 Å². The van der Waals surface area contributed by atoms with Crippen molar-refractivity contribution in [2.75, 3.05) is 7.11 Å². The Morgan fingerprint density at radius 3 is 2.50 bits per heavy atom. The number of aromatic carboxylic acids is 1. The Morgan fingerprint density at radius 2 is 2.06 bits per heavy atom. The molecular weight excluding hydrogens is 232 g/mol. The number of carboxylic acid groups (broad SMARTS) is 1. The first-order valence-electron chi connectivity index (χ1n) is 5.61. The van der Waals surface area contributed by atoms with Crippen LogP contribution in [0.3, 0.4) is 0 Å². The maximum Gasteiger partial charge on any atom is 0.354 e. The van der Waals surface area contributed by atoms with Gasteiger partial charge in [-0.25, -0.2) is 4.79 Å². The van der Waals surface area contributed by atoms with Crippen LogP contribution in [0.2, 0.25) is 0 Å². The minimum atomic E-state index is -0.968. The number of nitrogens with zero attached hydrogens (tertiary/aromatic N) is 2. The molecule has 1 N–H and O–H groups in total. The number of benzene rings is 1. The predicted molar refractivity (Wildman–Crippen MR) is 66.8 cm³/mol. The van der Waals surface area contributed by atoms with E-state index in [-0.39, 0.29) is 5.69 Å². The maximum absolute atomic E-state index is 11.0. The molecule has 5 nitrogen and oxygen atoms in total. The fourth-order valence-electron chi connectivity index (χ4n) is 1.73. The number of ether oxygens (including phenoxy) is 1. The van der Waals surface area contributed by atoms with Gasteiger partial charge in [0.15, 0.2) is 0 Å². The standard InChI is InChI=1S/C13H14N2O3/c1-3-15-12(13(16)17)8-11(14-15)9-4-6-10(18-2)7-5-9/h4-8H,3H2,1-2H3,(H,16,17). The Balaban J connectivity index is 2.40. The predicted octanol–water partition coefficient (Wildman–Crippen LogP) is 2.28. The fraction of sp³-hybridized carbons (Fsp3) is 0.231. The first-order chi connectivity index (χ1) is 8.65. The zero-order valence-corrected chi connectivity index (χ0v) is 10.3. The second kappa shape index (κ2) is 4.91. The average Bonchev–Trinajstić information content (AvgIpc) is 2.83. The second-order valence-corrected chi connectivity index (χ2v) is 3.76. The molecule has 0 bridgehead atoms. The van der Waals surface area contributed by atoms with E-state index >= 15 is 0 Å². The maximum atomic E-state index is 11.0. The van der Waals surface area contributed by atoms with Crippen LogP contribution in [0, 0.1) is 0 Å². The summed E-state index contributed by atoms with van der Waals surface area (Å²) in [6.45, 7) is 2.38. The van der Waals surface area contributed by atoms with Crippen LogP contribution in [0.1, 0.15) is 17.4 Å². The average molecular weight is 246 g/mol. The zero-order chi connectivity index (χ0) is 13.1. The van der Waals surface area contributed by atoms with Crippen LogP contribution in [0.25, 0.3) is 11.3 Å². The molecule has 0 radical (unpaired) electrons. The molecule has 1 heterocycles. The van der Waals surface area contributed by atoms with Crippen molar-refractivity contribution < 1.29 is 14.6 Å². The smallest absolute Gasteiger partial charge is 0.354 e. The number of methoxy groups -OCH3 is 1. The van der Waals surface area contributed by atoms with Crippen LogP contribution in [-0.2, 0) is 6.54 Å². The summed E-state index contributed by atoms with van der Waals surface area (Å²) in [4.78, 5) is 11.0. The molecule has 2 rings (SSSR count). The third-order valence-corrected chi connectivity index (χ3v) is 2.68. The summed E-state index contributed by atoms with van der Waals surface area (Å²) in [7, 11) is 1.60. The number of aryl methyl sites for hydroxylation is 1. The summed E-state index contributed by atoms with van der Waals surface area (Å²) in [5.41, 5.74) is 1.71. The Kier molecular flexibility index (Phi) is 3.32. The lowest BCUT2D eigenvalue weighted by Gasteiger charge is -2.00. The minimum absolute atomic E-state index is 0.198. The SMILES string of the molecule is CCn1nc(-c2ccc(OC)cc2)cc1C(=O)O. The fourth-order valence-corrected chi connectivity index (χ4v) is 1.73. The molecule has 1 aromatic carbocycles. The third-order valence-electron chi connectivity index (χ3n) is 2.68. The van der Waals surface area contributed by atoms with Gasteiger partial charge in [0.05, 0.1) is 12.8 Å². The van der Waals surface area contributed by atoms with Crippen molar-refractivity contribution >= 4 is 5.97 Å². The largest absolute Gasteiger partial charge is 0.497 e. The highest BCUT2D eigenvalue weighted by Gasteiger charge is 2.14. The van der Waals surface area contributed by atoms with Gasteiger partial charge in [-0.2, -0.15) is 5.10 Å². The number of carbonyl (C=O) groups is 1. The number of hydrogen-bond donors (Lipinski definition) is 1. The molecular formula is C13H14N2O3. The summed E-state index contributed by atoms with van der Waals surface area (Å²) in [5, 5.41) is 13.3. The quantitative estimate of drug-likeness (QED) is 0.898. The van der Waals surface area contributed by atoms with Gasteiger partial charge in [0.2, 0.25) is 0 Å². The lowest BCUT2D eigenvalue weighted by atomic mass is 10.1. The third kappa shape index (κ3) is 2.20. The molecule has 0 saturated heterocycles. The first kappa shape index (κ1) is 12.2. The van der Waals surface area contributed by atoms with Crippen molar-refractivity contribution in [3.05, 3.63) is 36.0 Å². The van der Waals surface area contributed by atoms with E-state index in [0.717, 1.165) is 11.3 Å². The van der Waals surface area contributed by atoms with Crippen LogP contribution in [0.4, 0.5) is 0 Å². The zero-order valence-electron chi connectivity index (χ0n) is 10.3. The summed E-state index contributed by atoms with van der Waals surface area (Å²) < 4.78 is 6.55. The van der Waals surface area contributed by atoms with Crippen molar-refractivity contribution in [2.45, 2.75) is 13.5 Å². The Hall–Kier alpha value is -2.30. The van der Waals surface area contributed by atoms with Crippen molar-refractivity contribution in [1.29, 1.82) is 0 Å². The molecule has 0 atom stereocenters. The lowest BCUT2D eigenvalue weighted by Crippen LogP contribution is -2.07. The molecule has 0 aliphatic rings. The molecule has 0 fully saturated rings. The normalized spacial score (nSPS) is 10.3. The van der Waals surface area contributed by atoms with E-state index in [1.165, 1.54) is 4.68 Å². The van der Waals surface area contributed by atoms with E-state index in [2.05, 4.69) is 5.10 Å². The molecule has 0 aliphatic heterocycles. The monoisotopic (exact) mass is 246 g/mol. The van der Waals surface area contributed by atoms with E-state index in [0.29, 0.717) is 12.2 Å². The van der Waals surface area contributed by atoms with Crippen LogP contribution < -0.4 is 4.74 Å². The van der Waals surface area contributed by atoms with Crippen molar-refractivity contribution in [3.63, 3.8) is 0 Å². The molecule has 0 aliphatic carbocycles. The van der Waals surface area contributed by atoms with E-state index < -0.39 is 5.97 Å². The summed E-state index contributed by atoms with van der Waals surface area (Å²) in [5.74, 6) is -0.212. The molecule has 94 valence electrons. The Labute approximate surface area is 105 Å². The van der Waals surface area contributed by atoms with Crippen LogP contribution in [0.15, 0.2) is 30.3 Å². The molecule has 2 aromatic rings. The topological polar surface area (TPSA) is 64.4 Å². The molecule has 1 aromatic heterocycles. The highest BCUT2D eigenvalue weighted by Crippen LogP contribution is 2.22. The van der Waals surface area contributed by atoms with E-state index in [4.69, 9.17) is 9.84 Å². The number of aromatic nitrogens is 2. The summed E-state index contributed by atoms with van der Waals surface area (Å²) in [6, 6.07) is 8.93. The van der Waals surface area contributed by atoms with E-state index in [9.17, 15) is 4.79 Å². The minimum Gasteiger partial charge on any atom is -0.497 e. The first-order valence-corrected chi connectivity index (χ1v) is 5.61. The van der Waals surface area contributed by atoms with Gasteiger partial charge < -0.3 is 9.84 Å². The number of hydrogen-bond acceptors (Lipinski definition) is 3. The summed E-state index contributed by atoms with van der Waals surface area (Å²) >= 11 is 0. The van der Waals surface area contributed by atoms with Gasteiger partial charge in [-0.3, -0.25) is 4.68 Å². The van der Waals surface area contributed by atoms with Crippen molar-refractivity contribution in [2.24, 2.45) is 0 Å². The highest BCUT2D eigenvalue weighted by atomic mass is 16.5. The van der Waals surface area contributed by atoms with Crippen LogP contribution >= 0.6 is 0 Å². The van der Waals surface area contributed by atoms with Gasteiger partial charge >= 0.3 is 5.97 Å². The molecule has 5 heteroatoms. The van der Waals surface area contributed by atoms with Gasteiger partial charge in [-0.15, -0.1) is 0 Å². The van der Waals surface area contributed by atoms with Gasteiger partial charge in [0.1, 0.15) is 11.4 Å². The molecule has 18 heavy (non-hydrogen) atoms. The van der Waals surface area contributed by atoms with E-state index in [1.54, 1.807) is 13.2 Å². The second-order valence-electron chi connectivity index (χ2n) is 3.76. The van der Waals surface area contributed by atoms with Gasteiger partial charge in [-0.05, 0) is 37.3 Å². The Bertz CT molecular complexity index is 558. The lowest BCUT2D eigenvalue weighted by molar-refractivity contribution is 0.0683. The number of carboxylic acids is 1. The van der Waals surface area contributed by atoms with Gasteiger partial charge in [0.25, 0.3) is 0 Å². The molecule has 0 amide bonds. The van der Waals surface area contributed by atoms with Crippen LogP contribution in [-0.4, -0.2) is 28.0 Å².